The number of carboxylic acids is 3. The molecule has 0 aliphatic rings. The molecule has 0 aromatic heterocycles. The summed E-state index contributed by atoms with van der Waals surface area (Å²) in [6, 6.07) is 0. The van der Waals surface area contributed by atoms with Gasteiger partial charge in [-0.05, 0) is 19.8 Å². The highest BCUT2D eigenvalue weighted by Gasteiger charge is 2.40. The molecule has 0 aromatic rings. The van der Waals surface area contributed by atoms with Gasteiger partial charge in [-0.3, -0.25) is 9.59 Å². The molecule has 0 rings (SSSR count). The lowest BCUT2D eigenvalue weighted by atomic mass is 9.96. The Bertz CT molecular complexity index is 395. The molecule has 1 atom stereocenters. The van der Waals surface area contributed by atoms with Crippen LogP contribution in [0.3, 0.4) is 0 Å². The highest BCUT2D eigenvalue weighted by atomic mass is 16.7. The van der Waals surface area contributed by atoms with E-state index in [4.69, 9.17) is 20.4 Å². The zero-order valence-electron chi connectivity index (χ0n) is 13.8. The van der Waals surface area contributed by atoms with Crippen LogP contribution >= 0.6 is 0 Å². The molecule has 0 heterocycles. The second kappa shape index (κ2) is 13.2. The lowest BCUT2D eigenvalue weighted by Gasteiger charge is -2.18. The summed E-state index contributed by atoms with van der Waals surface area (Å²) in [7, 11) is 0. The van der Waals surface area contributed by atoms with E-state index >= 15 is 0 Å². The number of carboxylic acid groups (broad SMARTS) is 3. The van der Waals surface area contributed by atoms with Gasteiger partial charge in [0.2, 0.25) is 0 Å². The van der Waals surface area contributed by atoms with Crippen LogP contribution in [0.5, 0.6) is 0 Å². The molecular formula is C14H25NO9. The van der Waals surface area contributed by atoms with E-state index in [-0.39, 0.29) is 6.10 Å². The Kier molecular flexibility index (Phi) is 13.2. The number of unbranched alkanes of at least 4 members (excludes halogenated alkanes) is 3. The van der Waals surface area contributed by atoms with Gasteiger partial charge in [0, 0.05) is 0 Å². The lowest BCUT2D eigenvalue weighted by Crippen LogP contribution is -2.42. The quantitative estimate of drug-likeness (QED) is 0.232. The summed E-state index contributed by atoms with van der Waals surface area (Å²) in [5, 5.41) is 36.2. The normalized spacial score (nSPS) is 11.6. The highest BCUT2D eigenvalue weighted by Crippen LogP contribution is 2.15. The van der Waals surface area contributed by atoms with Crippen molar-refractivity contribution in [2.45, 2.75) is 70.5 Å². The van der Waals surface area contributed by atoms with Crippen LogP contribution in [-0.2, 0) is 19.2 Å². The van der Waals surface area contributed by atoms with E-state index in [1.165, 1.54) is 19.3 Å². The second-order valence-corrected chi connectivity index (χ2v) is 5.32. The first kappa shape index (κ1) is 24.0. The molecule has 0 bridgehead atoms. The van der Waals surface area contributed by atoms with Crippen molar-refractivity contribution in [3.05, 3.63) is 4.91 Å². The van der Waals surface area contributed by atoms with Crippen LogP contribution < -0.4 is 0 Å². The standard InChI is InChI=1S/C8H17NO2.C6H8O7/c1-3-4-5-6-7-8(2)11-9-10;7-3(8)1-6(13,5(11)12)2-4(9)10/h8H,3-7H2,1-2H3;13H,1-2H2,(H,7,8)(H,9,10)(H,11,12). The second-order valence-electron chi connectivity index (χ2n) is 5.32. The predicted molar refractivity (Wildman–Crippen MR) is 82.2 cm³/mol. The molecule has 10 nitrogen and oxygen atoms in total. The Morgan fingerprint density at radius 3 is 1.88 bits per heavy atom. The molecule has 0 amide bonds. The van der Waals surface area contributed by atoms with Gasteiger partial charge >= 0.3 is 17.9 Å². The van der Waals surface area contributed by atoms with Crippen molar-refractivity contribution in [3.8, 4) is 0 Å². The van der Waals surface area contributed by atoms with Crippen molar-refractivity contribution in [3.63, 3.8) is 0 Å². The van der Waals surface area contributed by atoms with Gasteiger partial charge in [0.15, 0.2) is 10.9 Å². The van der Waals surface area contributed by atoms with E-state index in [2.05, 4.69) is 17.1 Å². The summed E-state index contributed by atoms with van der Waals surface area (Å²) in [4.78, 5) is 44.6. The van der Waals surface area contributed by atoms with Crippen LogP contribution in [-0.4, -0.2) is 50.0 Å². The van der Waals surface area contributed by atoms with Crippen LogP contribution in [0.25, 0.3) is 0 Å². The number of carbonyl (C=O) groups is 3. The lowest BCUT2D eigenvalue weighted by molar-refractivity contribution is -0.170. The van der Waals surface area contributed by atoms with Crippen molar-refractivity contribution in [1.82, 2.24) is 0 Å². The van der Waals surface area contributed by atoms with Crippen molar-refractivity contribution >= 4 is 17.9 Å². The maximum absolute atomic E-state index is 10.3. The Morgan fingerprint density at radius 1 is 1.04 bits per heavy atom. The fraction of sp³-hybridized carbons (Fsp3) is 0.786. The molecule has 10 heteroatoms. The molecule has 0 aliphatic carbocycles. The van der Waals surface area contributed by atoms with E-state index in [1.54, 1.807) is 0 Å². The van der Waals surface area contributed by atoms with Gasteiger partial charge in [0.25, 0.3) is 0 Å². The van der Waals surface area contributed by atoms with Gasteiger partial charge in [0.05, 0.1) is 12.8 Å². The monoisotopic (exact) mass is 351 g/mol. The maximum Gasteiger partial charge on any atom is 0.336 e. The number of rotatable bonds is 12. The number of hydrogen-bond donors (Lipinski definition) is 4. The van der Waals surface area contributed by atoms with Gasteiger partial charge < -0.3 is 25.3 Å². The Labute approximate surface area is 139 Å². The largest absolute Gasteiger partial charge is 0.481 e. The van der Waals surface area contributed by atoms with E-state index in [9.17, 15) is 19.3 Å². The first-order valence-corrected chi connectivity index (χ1v) is 7.46. The van der Waals surface area contributed by atoms with Crippen LogP contribution in [0, 0.1) is 4.91 Å². The minimum atomic E-state index is -2.74. The SMILES string of the molecule is CCCCCCC(C)ON=O.O=C(O)CC(O)(CC(=O)O)C(=O)O. The minimum Gasteiger partial charge on any atom is -0.481 e. The van der Waals surface area contributed by atoms with E-state index < -0.39 is 36.4 Å². The van der Waals surface area contributed by atoms with Crippen molar-refractivity contribution in [2.24, 2.45) is 5.34 Å². The molecule has 0 radical (unpaired) electrons. The Balaban J connectivity index is 0. The van der Waals surface area contributed by atoms with Gasteiger partial charge in [-0.2, -0.15) is 0 Å². The zero-order chi connectivity index (χ0) is 19.2. The third-order valence-electron chi connectivity index (χ3n) is 2.97. The number of hydrogen-bond acceptors (Lipinski definition) is 7. The van der Waals surface area contributed by atoms with Gasteiger partial charge in [-0.15, -0.1) is 4.91 Å². The van der Waals surface area contributed by atoms with Gasteiger partial charge in [0.1, 0.15) is 6.10 Å². The van der Waals surface area contributed by atoms with Gasteiger partial charge in [-0.1, -0.05) is 26.2 Å². The number of aliphatic hydroxyl groups is 1. The number of nitrogens with zero attached hydrogens (tertiary/aromatic N) is 1. The molecule has 4 N–H and O–H groups in total. The predicted octanol–water partition coefficient (Wildman–Crippen LogP) is 1.79. The van der Waals surface area contributed by atoms with Crippen LogP contribution in [0.15, 0.2) is 5.34 Å². The summed E-state index contributed by atoms with van der Waals surface area (Å²) in [6.07, 6.45) is 3.50. The van der Waals surface area contributed by atoms with E-state index in [0.29, 0.717) is 0 Å². The molecule has 0 aromatic carbocycles. The third-order valence-corrected chi connectivity index (χ3v) is 2.97. The van der Waals surface area contributed by atoms with E-state index in [1.807, 2.05) is 6.92 Å². The molecule has 0 fully saturated rings. The maximum atomic E-state index is 10.3. The summed E-state index contributed by atoms with van der Waals surface area (Å²) < 4.78 is 0. The molecule has 0 saturated heterocycles. The van der Waals surface area contributed by atoms with Crippen molar-refractivity contribution in [1.29, 1.82) is 0 Å². The molecule has 0 saturated carbocycles. The molecular weight excluding hydrogens is 326 g/mol. The minimum absolute atomic E-state index is 0.00986. The average molecular weight is 351 g/mol. The molecule has 0 aliphatic heterocycles. The van der Waals surface area contributed by atoms with Gasteiger partial charge in [-0.25, -0.2) is 4.79 Å². The Morgan fingerprint density at radius 2 is 1.54 bits per heavy atom. The molecule has 1 unspecified atom stereocenters. The summed E-state index contributed by atoms with van der Waals surface area (Å²) >= 11 is 0. The van der Waals surface area contributed by atoms with E-state index in [0.717, 1.165) is 12.8 Å². The topological polar surface area (TPSA) is 171 Å². The number of aliphatic carboxylic acids is 3. The summed E-state index contributed by atoms with van der Waals surface area (Å²) in [5.74, 6) is -5.02. The van der Waals surface area contributed by atoms with Crippen LogP contribution in [0.1, 0.15) is 58.8 Å². The smallest absolute Gasteiger partial charge is 0.336 e. The molecule has 140 valence electrons. The summed E-state index contributed by atoms with van der Waals surface area (Å²) in [5.41, 5.74) is -2.74. The fourth-order valence-electron chi connectivity index (χ4n) is 1.70. The van der Waals surface area contributed by atoms with Crippen LogP contribution in [0.4, 0.5) is 0 Å². The van der Waals surface area contributed by atoms with Crippen molar-refractivity contribution < 1.29 is 39.6 Å². The average Bonchev–Trinajstić information content (AvgIpc) is 2.42. The third kappa shape index (κ3) is 13.4. The molecule has 0 spiro atoms. The summed E-state index contributed by atoms with van der Waals surface area (Å²) in [6.45, 7) is 4.04. The zero-order valence-corrected chi connectivity index (χ0v) is 13.8. The first-order chi connectivity index (χ1) is 11.1. The van der Waals surface area contributed by atoms with Crippen molar-refractivity contribution in [2.75, 3.05) is 0 Å². The highest BCUT2D eigenvalue weighted by molar-refractivity contribution is 5.88. The molecule has 24 heavy (non-hydrogen) atoms. The van der Waals surface area contributed by atoms with Crippen LogP contribution in [0.2, 0.25) is 0 Å². The first-order valence-electron chi connectivity index (χ1n) is 7.46. The fourth-order valence-corrected chi connectivity index (χ4v) is 1.70. The Hall–Kier alpha value is -2.23.